The van der Waals surface area contributed by atoms with Gasteiger partial charge in [-0.25, -0.2) is 9.69 Å². The zero-order chi connectivity index (χ0) is 21.8. The number of carbonyl (C=O) groups excluding carboxylic acids is 2. The quantitative estimate of drug-likeness (QED) is 0.651. The molecule has 2 aromatic rings. The van der Waals surface area contributed by atoms with Crippen molar-refractivity contribution in [2.24, 2.45) is 0 Å². The Morgan fingerprint density at radius 2 is 1.93 bits per heavy atom. The summed E-state index contributed by atoms with van der Waals surface area (Å²) in [5.74, 6) is -0.835. The molecule has 0 bridgehead atoms. The van der Waals surface area contributed by atoms with Gasteiger partial charge < -0.3 is 14.6 Å². The van der Waals surface area contributed by atoms with Crippen LogP contribution in [0.25, 0.3) is 6.08 Å². The van der Waals surface area contributed by atoms with E-state index in [-0.39, 0.29) is 11.0 Å². The summed E-state index contributed by atoms with van der Waals surface area (Å²) in [7, 11) is 0. The Labute approximate surface area is 178 Å². The van der Waals surface area contributed by atoms with Gasteiger partial charge in [0.15, 0.2) is 17.6 Å². The van der Waals surface area contributed by atoms with E-state index >= 15 is 0 Å². The summed E-state index contributed by atoms with van der Waals surface area (Å²) in [6.45, 7) is 5.41. The zero-order valence-electron chi connectivity index (χ0n) is 16.7. The molecular weight excluding hydrogens is 406 g/mol. The maximum atomic E-state index is 12.9. The molecule has 1 heterocycles. The van der Waals surface area contributed by atoms with Crippen LogP contribution < -0.4 is 14.4 Å². The molecule has 0 spiro atoms. The summed E-state index contributed by atoms with van der Waals surface area (Å²) in [6.07, 6.45) is 0.566. The van der Waals surface area contributed by atoms with E-state index in [4.69, 9.17) is 14.6 Å². The van der Waals surface area contributed by atoms with Crippen LogP contribution in [0.1, 0.15) is 25.0 Å². The highest BCUT2D eigenvalue weighted by Crippen LogP contribution is 2.38. The Bertz CT molecular complexity index is 1030. The predicted molar refractivity (Wildman–Crippen MR) is 115 cm³/mol. The van der Waals surface area contributed by atoms with Crippen molar-refractivity contribution in [1.29, 1.82) is 0 Å². The number of ether oxygens (including phenoxy) is 2. The Morgan fingerprint density at radius 3 is 2.60 bits per heavy atom. The fourth-order valence-corrected chi connectivity index (χ4v) is 3.70. The van der Waals surface area contributed by atoms with Gasteiger partial charge in [-0.2, -0.15) is 0 Å². The topological polar surface area (TPSA) is 93.1 Å². The van der Waals surface area contributed by atoms with Crippen molar-refractivity contribution in [3.8, 4) is 11.5 Å². The van der Waals surface area contributed by atoms with Gasteiger partial charge in [0.1, 0.15) is 0 Å². The van der Waals surface area contributed by atoms with E-state index in [1.165, 1.54) is 11.8 Å². The maximum absolute atomic E-state index is 12.9. The monoisotopic (exact) mass is 427 g/mol. The molecule has 30 heavy (non-hydrogen) atoms. The van der Waals surface area contributed by atoms with Gasteiger partial charge in [0.25, 0.3) is 11.1 Å². The molecule has 156 valence electrons. The molecule has 1 unspecified atom stereocenters. The van der Waals surface area contributed by atoms with Gasteiger partial charge in [-0.05, 0) is 67.9 Å². The first-order chi connectivity index (χ1) is 14.3. The normalized spacial score (nSPS) is 16.1. The number of carbonyl (C=O) groups is 3. The highest BCUT2D eigenvalue weighted by Gasteiger charge is 2.36. The molecule has 2 amide bonds. The Morgan fingerprint density at radius 1 is 1.20 bits per heavy atom. The summed E-state index contributed by atoms with van der Waals surface area (Å²) >= 11 is 0.867. The van der Waals surface area contributed by atoms with Crippen molar-refractivity contribution >= 4 is 40.6 Å². The highest BCUT2D eigenvalue weighted by atomic mass is 32.2. The first-order valence-electron chi connectivity index (χ1n) is 9.31. The lowest BCUT2D eigenvalue weighted by Crippen LogP contribution is -2.28. The van der Waals surface area contributed by atoms with E-state index in [2.05, 4.69) is 0 Å². The Kier molecular flexibility index (Phi) is 6.47. The molecule has 0 aliphatic carbocycles. The van der Waals surface area contributed by atoms with Crippen molar-refractivity contribution < 1.29 is 29.0 Å². The van der Waals surface area contributed by atoms with Gasteiger partial charge in [-0.15, -0.1) is 0 Å². The van der Waals surface area contributed by atoms with Crippen LogP contribution >= 0.6 is 11.8 Å². The molecule has 1 atom stereocenters. The van der Waals surface area contributed by atoms with Crippen LogP contribution in [0.2, 0.25) is 0 Å². The van der Waals surface area contributed by atoms with Crippen molar-refractivity contribution in [3.63, 3.8) is 0 Å². The van der Waals surface area contributed by atoms with E-state index < -0.39 is 18.0 Å². The lowest BCUT2D eigenvalue weighted by Gasteiger charge is -2.15. The number of nitrogens with zero attached hydrogens (tertiary/aromatic N) is 1. The minimum Gasteiger partial charge on any atom is -0.490 e. The van der Waals surface area contributed by atoms with E-state index in [1.54, 1.807) is 43.3 Å². The smallest absolute Gasteiger partial charge is 0.344 e. The number of anilines is 1. The van der Waals surface area contributed by atoms with Crippen LogP contribution in [0.3, 0.4) is 0 Å². The maximum Gasteiger partial charge on any atom is 0.344 e. The largest absolute Gasteiger partial charge is 0.490 e. The summed E-state index contributed by atoms with van der Waals surface area (Å²) in [6, 6.07) is 12.1. The van der Waals surface area contributed by atoms with Crippen LogP contribution in [0.15, 0.2) is 47.4 Å². The molecular formula is C22H21NO6S. The number of aliphatic carboxylic acids is 1. The number of para-hydroxylation sites is 1. The molecule has 1 aliphatic heterocycles. The highest BCUT2D eigenvalue weighted by molar-refractivity contribution is 8.19. The van der Waals surface area contributed by atoms with E-state index in [9.17, 15) is 14.4 Å². The lowest BCUT2D eigenvalue weighted by atomic mass is 10.1. The lowest BCUT2D eigenvalue weighted by molar-refractivity contribution is -0.144. The van der Waals surface area contributed by atoms with Gasteiger partial charge in [-0.3, -0.25) is 9.59 Å². The fourth-order valence-electron chi connectivity index (χ4n) is 2.86. The number of hydrogen-bond donors (Lipinski definition) is 1. The molecule has 8 heteroatoms. The van der Waals surface area contributed by atoms with Crippen LogP contribution in [0.5, 0.6) is 11.5 Å². The number of carboxylic acids is 1. The summed E-state index contributed by atoms with van der Waals surface area (Å²) in [5.41, 5.74) is 2.02. The third-order valence-corrected chi connectivity index (χ3v) is 5.24. The number of hydrogen-bond acceptors (Lipinski definition) is 6. The molecule has 1 aliphatic rings. The zero-order valence-corrected chi connectivity index (χ0v) is 17.6. The molecule has 0 radical (unpaired) electrons. The summed E-state index contributed by atoms with van der Waals surface area (Å²) in [4.78, 5) is 37.9. The average molecular weight is 427 g/mol. The number of thioether (sulfide) groups is 1. The number of aryl methyl sites for hydroxylation is 1. The molecule has 0 aromatic heterocycles. The van der Waals surface area contributed by atoms with Gasteiger partial charge >= 0.3 is 5.97 Å². The van der Waals surface area contributed by atoms with E-state index in [0.717, 1.165) is 17.3 Å². The number of carboxylic acid groups (broad SMARTS) is 1. The molecule has 1 N–H and O–H groups in total. The molecule has 0 saturated carbocycles. The second-order valence-corrected chi connectivity index (χ2v) is 7.53. The van der Waals surface area contributed by atoms with Gasteiger partial charge in [0.2, 0.25) is 0 Å². The van der Waals surface area contributed by atoms with Crippen molar-refractivity contribution in [2.45, 2.75) is 26.9 Å². The minimum atomic E-state index is -1.09. The van der Waals surface area contributed by atoms with Crippen molar-refractivity contribution in [1.82, 2.24) is 0 Å². The average Bonchev–Trinajstić information content (AvgIpc) is 2.97. The molecule has 1 fully saturated rings. The number of amides is 2. The van der Waals surface area contributed by atoms with Crippen LogP contribution in [-0.4, -0.2) is 34.9 Å². The third-order valence-electron chi connectivity index (χ3n) is 4.37. The summed E-state index contributed by atoms with van der Waals surface area (Å²) in [5, 5.41) is 8.69. The SMILES string of the molecule is CCOc1cc(/C=C2/SC(=O)N(c3ccccc3C)C2=O)ccc1OC(C)C(=O)O. The van der Waals surface area contributed by atoms with Crippen molar-refractivity contribution in [2.75, 3.05) is 11.5 Å². The van der Waals surface area contributed by atoms with Crippen LogP contribution in [0.4, 0.5) is 10.5 Å². The standard InChI is InChI=1S/C22H21NO6S/c1-4-28-18-11-15(9-10-17(18)29-14(3)21(25)26)12-19-20(24)23(22(27)30-19)16-8-6-5-7-13(16)2/h5-12,14H,4H2,1-3H3,(H,25,26)/b19-12+. The number of rotatable bonds is 7. The van der Waals surface area contributed by atoms with Gasteiger partial charge in [0, 0.05) is 0 Å². The second kappa shape index (κ2) is 9.04. The predicted octanol–water partition coefficient (Wildman–Crippen LogP) is 4.49. The van der Waals surface area contributed by atoms with Crippen molar-refractivity contribution in [3.05, 3.63) is 58.5 Å². The third kappa shape index (κ3) is 4.49. The molecule has 3 rings (SSSR count). The van der Waals surface area contributed by atoms with Crippen LogP contribution in [-0.2, 0) is 9.59 Å². The Balaban J connectivity index is 1.90. The molecule has 2 aromatic carbocycles. The molecule has 7 nitrogen and oxygen atoms in total. The summed E-state index contributed by atoms with van der Waals surface area (Å²) < 4.78 is 11.0. The first-order valence-corrected chi connectivity index (χ1v) is 10.1. The van der Waals surface area contributed by atoms with Gasteiger partial charge in [-0.1, -0.05) is 24.3 Å². The number of imide groups is 1. The first kappa shape index (κ1) is 21.4. The van der Waals surface area contributed by atoms with Crippen LogP contribution in [0, 0.1) is 6.92 Å². The van der Waals surface area contributed by atoms with E-state index in [1.807, 2.05) is 19.1 Å². The van der Waals surface area contributed by atoms with E-state index in [0.29, 0.717) is 28.5 Å². The second-order valence-electron chi connectivity index (χ2n) is 6.54. The fraction of sp³-hybridized carbons (Fsp3) is 0.227. The molecule has 1 saturated heterocycles. The Hall–Kier alpha value is -3.26. The number of benzene rings is 2. The van der Waals surface area contributed by atoms with Gasteiger partial charge in [0.05, 0.1) is 17.2 Å². The minimum absolute atomic E-state index is 0.289.